The number of benzene rings is 1. The molecule has 0 spiro atoms. The Hall–Kier alpha value is -1.77. The molecule has 0 radical (unpaired) electrons. The van der Waals surface area contributed by atoms with Crippen molar-refractivity contribution in [3.05, 3.63) is 42.0 Å². The molecule has 1 aromatic carbocycles. The predicted octanol–water partition coefficient (Wildman–Crippen LogP) is 3.58. The van der Waals surface area contributed by atoms with Crippen LogP contribution < -0.4 is 4.90 Å². The van der Waals surface area contributed by atoms with Crippen LogP contribution in [0.3, 0.4) is 0 Å². The smallest absolute Gasteiger partial charge is 0.333 e. The topological polar surface area (TPSA) is 29.5 Å². The molecule has 0 N–H and O–H groups in total. The number of ether oxygens (including phenoxy) is 1. The molecule has 0 aliphatic rings. The van der Waals surface area contributed by atoms with E-state index in [4.69, 9.17) is 4.74 Å². The fourth-order valence-electron chi connectivity index (χ4n) is 2.03. The number of carbonyl (C=O) groups is 1. The van der Waals surface area contributed by atoms with Gasteiger partial charge in [0.05, 0.1) is 6.61 Å². The fourth-order valence-corrected chi connectivity index (χ4v) is 2.03. The van der Waals surface area contributed by atoms with E-state index in [0.717, 1.165) is 25.9 Å². The largest absolute Gasteiger partial charge is 0.462 e. The SMILES string of the molecule is C=C(C)C(=O)OCCCc1ccc(N(CC)CC)cc1. The molecule has 0 fully saturated rings. The van der Waals surface area contributed by atoms with Crippen molar-refractivity contribution >= 4 is 11.7 Å². The molecular weight excluding hydrogens is 250 g/mol. The number of carbonyl (C=O) groups excluding carboxylic acids is 1. The Morgan fingerprint density at radius 2 is 1.80 bits per heavy atom. The third kappa shape index (κ3) is 5.08. The lowest BCUT2D eigenvalue weighted by atomic mass is 10.1. The minimum Gasteiger partial charge on any atom is -0.462 e. The molecule has 0 atom stereocenters. The highest BCUT2D eigenvalue weighted by Gasteiger charge is 2.03. The zero-order valence-corrected chi connectivity index (χ0v) is 12.8. The summed E-state index contributed by atoms with van der Waals surface area (Å²) < 4.78 is 5.08. The number of hydrogen-bond acceptors (Lipinski definition) is 3. The van der Waals surface area contributed by atoms with E-state index in [1.54, 1.807) is 6.92 Å². The van der Waals surface area contributed by atoms with Crippen LogP contribution in [0.1, 0.15) is 32.8 Å². The predicted molar refractivity (Wildman–Crippen MR) is 84.1 cm³/mol. The molecule has 0 saturated carbocycles. The fraction of sp³-hybridized carbons (Fsp3) is 0.471. The number of aryl methyl sites for hydroxylation is 1. The van der Waals surface area contributed by atoms with E-state index in [2.05, 4.69) is 49.6 Å². The highest BCUT2D eigenvalue weighted by molar-refractivity contribution is 5.86. The molecule has 0 saturated heterocycles. The van der Waals surface area contributed by atoms with Gasteiger partial charge in [-0.25, -0.2) is 4.79 Å². The summed E-state index contributed by atoms with van der Waals surface area (Å²) in [7, 11) is 0. The molecule has 3 nitrogen and oxygen atoms in total. The summed E-state index contributed by atoms with van der Waals surface area (Å²) in [5.74, 6) is -0.304. The van der Waals surface area contributed by atoms with Crippen molar-refractivity contribution in [2.45, 2.75) is 33.6 Å². The molecule has 1 aromatic rings. The molecule has 0 amide bonds. The average Bonchev–Trinajstić information content (AvgIpc) is 2.46. The first-order valence-electron chi connectivity index (χ1n) is 7.25. The highest BCUT2D eigenvalue weighted by Crippen LogP contribution is 2.15. The van der Waals surface area contributed by atoms with Gasteiger partial charge in [-0.3, -0.25) is 0 Å². The summed E-state index contributed by atoms with van der Waals surface area (Å²) in [5, 5.41) is 0. The lowest BCUT2D eigenvalue weighted by molar-refractivity contribution is -0.139. The Kier molecular flexibility index (Phi) is 6.85. The van der Waals surface area contributed by atoms with Crippen LogP contribution in [0.5, 0.6) is 0 Å². The summed E-state index contributed by atoms with van der Waals surface area (Å²) in [6.45, 7) is 12.0. The number of anilines is 1. The van der Waals surface area contributed by atoms with Crippen LogP contribution in [-0.4, -0.2) is 25.7 Å². The maximum Gasteiger partial charge on any atom is 0.333 e. The summed E-state index contributed by atoms with van der Waals surface area (Å²) in [6.07, 6.45) is 1.76. The Morgan fingerprint density at radius 3 is 2.30 bits per heavy atom. The second kappa shape index (κ2) is 8.41. The standard InChI is InChI=1S/C17H25NO2/c1-5-18(6-2)16-11-9-15(10-12-16)8-7-13-20-17(19)14(3)4/h9-12H,3,5-8,13H2,1-2,4H3. The van der Waals surface area contributed by atoms with Crippen LogP contribution >= 0.6 is 0 Å². The quantitative estimate of drug-likeness (QED) is 0.412. The maximum atomic E-state index is 11.2. The molecule has 0 aliphatic carbocycles. The minimum absolute atomic E-state index is 0.304. The molecule has 0 heterocycles. The van der Waals surface area contributed by atoms with Crippen LogP contribution in [0.2, 0.25) is 0 Å². The van der Waals surface area contributed by atoms with Gasteiger partial charge in [0.1, 0.15) is 0 Å². The Morgan fingerprint density at radius 1 is 1.20 bits per heavy atom. The lowest BCUT2D eigenvalue weighted by Gasteiger charge is -2.21. The average molecular weight is 275 g/mol. The number of esters is 1. The molecule has 0 unspecified atom stereocenters. The van der Waals surface area contributed by atoms with E-state index in [9.17, 15) is 4.79 Å². The Labute approximate surface area is 122 Å². The first kappa shape index (κ1) is 16.3. The monoisotopic (exact) mass is 275 g/mol. The van der Waals surface area contributed by atoms with E-state index in [-0.39, 0.29) is 5.97 Å². The van der Waals surface area contributed by atoms with Crippen molar-refractivity contribution in [2.75, 3.05) is 24.6 Å². The highest BCUT2D eigenvalue weighted by atomic mass is 16.5. The van der Waals surface area contributed by atoms with Gasteiger partial charge in [0.2, 0.25) is 0 Å². The summed E-state index contributed by atoms with van der Waals surface area (Å²) >= 11 is 0. The van der Waals surface area contributed by atoms with Gasteiger partial charge in [0.15, 0.2) is 0 Å². The molecule has 110 valence electrons. The molecule has 3 heteroatoms. The lowest BCUT2D eigenvalue weighted by Crippen LogP contribution is -2.21. The van der Waals surface area contributed by atoms with Crippen LogP contribution in [-0.2, 0) is 16.0 Å². The number of nitrogens with zero attached hydrogens (tertiary/aromatic N) is 1. The first-order valence-corrected chi connectivity index (χ1v) is 7.25. The first-order chi connectivity index (χ1) is 9.58. The summed E-state index contributed by atoms with van der Waals surface area (Å²) in [5.41, 5.74) is 2.98. The van der Waals surface area contributed by atoms with Crippen LogP contribution in [0.15, 0.2) is 36.4 Å². The van der Waals surface area contributed by atoms with E-state index in [0.29, 0.717) is 12.2 Å². The van der Waals surface area contributed by atoms with Gasteiger partial charge < -0.3 is 9.64 Å². The number of rotatable bonds is 8. The van der Waals surface area contributed by atoms with Gasteiger partial charge in [-0.2, -0.15) is 0 Å². The molecule has 0 bridgehead atoms. The van der Waals surface area contributed by atoms with Crippen molar-refractivity contribution in [1.29, 1.82) is 0 Å². The minimum atomic E-state index is -0.304. The summed E-state index contributed by atoms with van der Waals surface area (Å²) in [6, 6.07) is 8.60. The van der Waals surface area contributed by atoms with Crippen molar-refractivity contribution < 1.29 is 9.53 Å². The van der Waals surface area contributed by atoms with Gasteiger partial charge in [-0.15, -0.1) is 0 Å². The van der Waals surface area contributed by atoms with Crippen molar-refractivity contribution in [3.63, 3.8) is 0 Å². The van der Waals surface area contributed by atoms with Crippen LogP contribution in [0, 0.1) is 0 Å². The zero-order valence-electron chi connectivity index (χ0n) is 12.8. The molecule has 0 aliphatic heterocycles. The Bertz CT molecular complexity index is 433. The Balaban J connectivity index is 2.38. The van der Waals surface area contributed by atoms with Crippen molar-refractivity contribution in [3.8, 4) is 0 Å². The van der Waals surface area contributed by atoms with Gasteiger partial charge in [0, 0.05) is 24.4 Å². The van der Waals surface area contributed by atoms with Crippen molar-refractivity contribution in [2.24, 2.45) is 0 Å². The van der Waals surface area contributed by atoms with Crippen LogP contribution in [0.25, 0.3) is 0 Å². The van der Waals surface area contributed by atoms with Crippen molar-refractivity contribution in [1.82, 2.24) is 0 Å². The molecule has 1 rings (SSSR count). The third-order valence-electron chi connectivity index (χ3n) is 3.26. The van der Waals surface area contributed by atoms with Gasteiger partial charge in [-0.1, -0.05) is 18.7 Å². The zero-order chi connectivity index (χ0) is 15.0. The maximum absolute atomic E-state index is 11.2. The normalized spacial score (nSPS) is 10.2. The second-order valence-corrected chi connectivity index (χ2v) is 4.86. The molecule has 0 aromatic heterocycles. The van der Waals surface area contributed by atoms with E-state index in [1.807, 2.05) is 0 Å². The second-order valence-electron chi connectivity index (χ2n) is 4.86. The van der Waals surface area contributed by atoms with Gasteiger partial charge >= 0.3 is 5.97 Å². The van der Waals surface area contributed by atoms with Gasteiger partial charge in [0.25, 0.3) is 0 Å². The van der Waals surface area contributed by atoms with E-state index >= 15 is 0 Å². The van der Waals surface area contributed by atoms with E-state index in [1.165, 1.54) is 11.3 Å². The summed E-state index contributed by atoms with van der Waals surface area (Å²) in [4.78, 5) is 13.5. The molecule has 20 heavy (non-hydrogen) atoms. The third-order valence-corrected chi connectivity index (χ3v) is 3.26. The number of hydrogen-bond donors (Lipinski definition) is 0. The molecular formula is C17H25NO2. The van der Waals surface area contributed by atoms with E-state index < -0.39 is 0 Å². The van der Waals surface area contributed by atoms with Crippen LogP contribution in [0.4, 0.5) is 5.69 Å². The van der Waals surface area contributed by atoms with Gasteiger partial charge in [-0.05, 0) is 51.3 Å².